The van der Waals surface area contributed by atoms with E-state index >= 15 is 0 Å². The first-order chi connectivity index (χ1) is 15.3. The summed E-state index contributed by atoms with van der Waals surface area (Å²) in [6.07, 6.45) is 14.0. The number of aliphatic hydroxyl groups is 1. The smallest absolute Gasteiger partial charge is 0.161 e. The molecule has 0 bridgehead atoms. The van der Waals surface area contributed by atoms with Crippen LogP contribution in [0.15, 0.2) is 18.2 Å². The maximum Gasteiger partial charge on any atom is 0.161 e. The lowest BCUT2D eigenvalue weighted by molar-refractivity contribution is 0.135. The Morgan fingerprint density at radius 3 is 2.44 bits per heavy atom. The molecule has 2 rings (SSSR count). The molecular formula is C28H49NO3. The van der Waals surface area contributed by atoms with Crippen molar-refractivity contribution in [1.29, 1.82) is 0 Å². The molecule has 0 amide bonds. The van der Waals surface area contributed by atoms with Gasteiger partial charge < -0.3 is 20.3 Å². The van der Waals surface area contributed by atoms with Gasteiger partial charge in [-0.2, -0.15) is 0 Å². The predicted molar refractivity (Wildman–Crippen MR) is 134 cm³/mol. The van der Waals surface area contributed by atoms with Crippen LogP contribution in [-0.4, -0.2) is 31.0 Å². The molecule has 1 aromatic rings. The van der Waals surface area contributed by atoms with E-state index in [0.717, 1.165) is 55.6 Å². The van der Waals surface area contributed by atoms with Crippen LogP contribution in [0.2, 0.25) is 0 Å². The van der Waals surface area contributed by atoms with Gasteiger partial charge in [-0.05, 0) is 67.6 Å². The molecule has 1 aliphatic carbocycles. The second-order valence-electron chi connectivity index (χ2n) is 10.8. The minimum atomic E-state index is -0.473. The Labute approximate surface area is 197 Å². The summed E-state index contributed by atoms with van der Waals surface area (Å²) >= 11 is 0. The van der Waals surface area contributed by atoms with Crippen molar-refractivity contribution < 1.29 is 14.6 Å². The number of unbranched alkanes of at least 4 members (excludes halogenated alkanes) is 1. The maximum atomic E-state index is 9.85. The molecule has 4 heteroatoms. The Hall–Kier alpha value is -1.26. The van der Waals surface area contributed by atoms with Crippen LogP contribution in [0.3, 0.4) is 0 Å². The zero-order valence-electron chi connectivity index (χ0n) is 21.2. The van der Waals surface area contributed by atoms with E-state index in [4.69, 9.17) is 15.2 Å². The minimum absolute atomic E-state index is 0.0537. The molecule has 32 heavy (non-hydrogen) atoms. The molecule has 184 valence electrons. The monoisotopic (exact) mass is 447 g/mol. The zero-order chi connectivity index (χ0) is 23.4. The molecule has 1 saturated carbocycles. The lowest BCUT2D eigenvalue weighted by atomic mass is 9.75. The van der Waals surface area contributed by atoms with Crippen molar-refractivity contribution in [3.05, 3.63) is 23.8 Å². The molecule has 1 fully saturated rings. The molecule has 0 heterocycles. The summed E-state index contributed by atoms with van der Waals surface area (Å²) in [5, 5.41) is 9.85. The summed E-state index contributed by atoms with van der Waals surface area (Å²) in [5.41, 5.74) is 7.21. The predicted octanol–water partition coefficient (Wildman–Crippen LogP) is 6.52. The average Bonchev–Trinajstić information content (AvgIpc) is 2.75. The third-order valence-corrected chi connectivity index (χ3v) is 7.20. The van der Waals surface area contributed by atoms with Crippen molar-refractivity contribution in [2.24, 2.45) is 23.5 Å². The fourth-order valence-corrected chi connectivity index (χ4v) is 4.69. The van der Waals surface area contributed by atoms with Gasteiger partial charge in [0.15, 0.2) is 11.5 Å². The number of ether oxygens (including phenoxy) is 2. The lowest BCUT2D eigenvalue weighted by Gasteiger charge is -2.35. The Bertz CT molecular complexity index is 644. The molecule has 1 aliphatic rings. The van der Waals surface area contributed by atoms with Crippen LogP contribution in [0.25, 0.3) is 0 Å². The van der Waals surface area contributed by atoms with E-state index in [1.165, 1.54) is 56.9 Å². The van der Waals surface area contributed by atoms with Crippen LogP contribution < -0.4 is 15.2 Å². The SMILES string of the molecule is COc1cc(CCC(N)(CO)CC2CCC2)ccc1OCCCCC(C)CCCC(C)C. The molecule has 0 spiro atoms. The van der Waals surface area contributed by atoms with Crippen molar-refractivity contribution in [2.45, 2.75) is 103 Å². The molecule has 4 nitrogen and oxygen atoms in total. The van der Waals surface area contributed by atoms with E-state index in [2.05, 4.69) is 32.9 Å². The van der Waals surface area contributed by atoms with Crippen LogP contribution in [0.4, 0.5) is 0 Å². The number of aryl methyl sites for hydroxylation is 1. The summed E-state index contributed by atoms with van der Waals surface area (Å²) in [7, 11) is 1.70. The van der Waals surface area contributed by atoms with E-state index in [0.29, 0.717) is 5.92 Å². The standard InChI is InChI=1S/C28H49NO3/c1-22(2)9-7-11-23(3)10-5-6-18-32-26-15-14-24(19-27(26)31-4)16-17-28(29,21-30)20-25-12-8-13-25/h14-15,19,22-23,25,30H,5-13,16-18,20-21,29H2,1-4H3. The van der Waals surface area contributed by atoms with Gasteiger partial charge in [-0.25, -0.2) is 0 Å². The highest BCUT2D eigenvalue weighted by Gasteiger charge is 2.30. The van der Waals surface area contributed by atoms with Crippen LogP contribution in [0.1, 0.15) is 97.0 Å². The van der Waals surface area contributed by atoms with Gasteiger partial charge in [0.1, 0.15) is 0 Å². The Morgan fingerprint density at radius 2 is 1.81 bits per heavy atom. The quantitative estimate of drug-likeness (QED) is 0.267. The first-order valence-electron chi connectivity index (χ1n) is 13.0. The third kappa shape index (κ3) is 9.70. The number of methoxy groups -OCH3 is 1. The molecule has 0 radical (unpaired) electrons. The van der Waals surface area contributed by atoms with E-state index < -0.39 is 5.54 Å². The number of rotatable bonds is 17. The summed E-state index contributed by atoms with van der Waals surface area (Å²) in [4.78, 5) is 0. The van der Waals surface area contributed by atoms with Crippen molar-refractivity contribution in [3.8, 4) is 11.5 Å². The number of aliphatic hydroxyl groups excluding tert-OH is 1. The molecule has 2 atom stereocenters. The maximum absolute atomic E-state index is 9.85. The first-order valence-corrected chi connectivity index (χ1v) is 13.0. The fourth-order valence-electron chi connectivity index (χ4n) is 4.69. The number of nitrogens with two attached hydrogens (primary N) is 1. The number of hydrogen-bond acceptors (Lipinski definition) is 4. The van der Waals surface area contributed by atoms with E-state index in [1.54, 1.807) is 7.11 Å². The average molecular weight is 448 g/mol. The molecule has 2 unspecified atom stereocenters. The Balaban J connectivity index is 1.72. The fraction of sp³-hybridized carbons (Fsp3) is 0.786. The van der Waals surface area contributed by atoms with Gasteiger partial charge in [0.05, 0.1) is 20.3 Å². The van der Waals surface area contributed by atoms with Crippen molar-refractivity contribution >= 4 is 0 Å². The van der Waals surface area contributed by atoms with E-state index in [1.807, 2.05) is 6.07 Å². The summed E-state index contributed by atoms with van der Waals surface area (Å²) in [6.45, 7) is 7.77. The normalized spacial score (nSPS) is 17.1. The Kier molecular flexibility index (Phi) is 11.9. The van der Waals surface area contributed by atoms with Gasteiger partial charge in [-0.15, -0.1) is 0 Å². The van der Waals surface area contributed by atoms with Crippen LogP contribution in [0, 0.1) is 17.8 Å². The summed E-state index contributed by atoms with van der Waals surface area (Å²) in [5.74, 6) is 3.92. The lowest BCUT2D eigenvalue weighted by Crippen LogP contribution is -2.46. The van der Waals surface area contributed by atoms with Gasteiger partial charge >= 0.3 is 0 Å². The van der Waals surface area contributed by atoms with Gasteiger partial charge in [0, 0.05) is 5.54 Å². The molecule has 3 N–H and O–H groups in total. The van der Waals surface area contributed by atoms with Crippen molar-refractivity contribution in [2.75, 3.05) is 20.3 Å². The van der Waals surface area contributed by atoms with Gasteiger partial charge in [-0.1, -0.05) is 71.8 Å². The Morgan fingerprint density at radius 1 is 1.06 bits per heavy atom. The highest BCUT2D eigenvalue weighted by molar-refractivity contribution is 5.43. The highest BCUT2D eigenvalue weighted by atomic mass is 16.5. The van der Waals surface area contributed by atoms with Gasteiger partial charge in [0.2, 0.25) is 0 Å². The second kappa shape index (κ2) is 14.1. The number of benzene rings is 1. The first kappa shape index (κ1) is 27.0. The van der Waals surface area contributed by atoms with Crippen LogP contribution in [0.5, 0.6) is 11.5 Å². The molecule has 0 aliphatic heterocycles. The minimum Gasteiger partial charge on any atom is -0.493 e. The van der Waals surface area contributed by atoms with Crippen LogP contribution in [-0.2, 0) is 6.42 Å². The molecule has 0 saturated heterocycles. The molecular weight excluding hydrogens is 398 g/mol. The van der Waals surface area contributed by atoms with Gasteiger partial charge in [-0.3, -0.25) is 0 Å². The van der Waals surface area contributed by atoms with Gasteiger partial charge in [0.25, 0.3) is 0 Å². The summed E-state index contributed by atoms with van der Waals surface area (Å²) in [6, 6.07) is 6.19. The topological polar surface area (TPSA) is 64.7 Å². The number of hydrogen-bond donors (Lipinski definition) is 2. The van der Waals surface area contributed by atoms with Crippen molar-refractivity contribution in [1.82, 2.24) is 0 Å². The van der Waals surface area contributed by atoms with E-state index in [-0.39, 0.29) is 6.61 Å². The zero-order valence-corrected chi connectivity index (χ0v) is 21.2. The molecule has 1 aromatic carbocycles. The van der Waals surface area contributed by atoms with E-state index in [9.17, 15) is 5.11 Å². The van der Waals surface area contributed by atoms with Crippen LogP contribution >= 0.6 is 0 Å². The largest absolute Gasteiger partial charge is 0.493 e. The van der Waals surface area contributed by atoms with Crippen molar-refractivity contribution in [3.63, 3.8) is 0 Å². The summed E-state index contributed by atoms with van der Waals surface area (Å²) < 4.78 is 11.6. The highest BCUT2D eigenvalue weighted by Crippen LogP contribution is 2.35. The molecule has 0 aromatic heterocycles. The second-order valence-corrected chi connectivity index (χ2v) is 10.8. The third-order valence-electron chi connectivity index (χ3n) is 7.20.